The van der Waals surface area contributed by atoms with E-state index in [2.05, 4.69) is 20.3 Å². The second kappa shape index (κ2) is 8.27. The molecule has 3 aromatic heterocycles. The van der Waals surface area contributed by atoms with Crippen LogP contribution in [-0.4, -0.2) is 44.3 Å². The number of carbonyl (C=O) groups excluding carboxylic acids is 2. The summed E-state index contributed by atoms with van der Waals surface area (Å²) in [6.07, 6.45) is 0.921. The molecular formula is C20H22ClN5O4. The molecule has 3 heterocycles. The smallest absolute Gasteiger partial charge is 0.412 e. The van der Waals surface area contributed by atoms with Gasteiger partial charge in [0.2, 0.25) is 0 Å². The third-order valence-electron chi connectivity index (χ3n) is 4.07. The van der Waals surface area contributed by atoms with Gasteiger partial charge in [-0.1, -0.05) is 11.6 Å². The van der Waals surface area contributed by atoms with Crippen molar-refractivity contribution >= 4 is 40.5 Å². The second-order valence-corrected chi connectivity index (χ2v) is 7.96. The molecule has 1 amide bonds. The largest absolute Gasteiger partial charge is 0.464 e. The van der Waals surface area contributed by atoms with Crippen LogP contribution in [0.1, 0.15) is 42.8 Å². The number of imidazole rings is 1. The first-order chi connectivity index (χ1) is 14.1. The minimum Gasteiger partial charge on any atom is -0.464 e. The highest BCUT2D eigenvalue weighted by atomic mass is 35.5. The van der Waals surface area contributed by atoms with Crippen molar-refractivity contribution in [3.05, 3.63) is 46.6 Å². The Labute approximate surface area is 178 Å². The van der Waals surface area contributed by atoms with Gasteiger partial charge >= 0.3 is 12.1 Å². The van der Waals surface area contributed by atoms with E-state index in [4.69, 9.17) is 21.1 Å². The van der Waals surface area contributed by atoms with Crippen molar-refractivity contribution in [2.75, 3.05) is 12.4 Å². The predicted octanol–water partition coefficient (Wildman–Crippen LogP) is 3.97. The molecule has 3 aromatic rings. The molecule has 0 saturated carbocycles. The van der Waals surface area contributed by atoms with Crippen LogP contribution in [-0.2, 0) is 16.0 Å². The fourth-order valence-corrected chi connectivity index (χ4v) is 2.99. The van der Waals surface area contributed by atoms with E-state index in [-0.39, 0.29) is 5.69 Å². The lowest BCUT2D eigenvalue weighted by molar-refractivity contribution is 0.0592. The van der Waals surface area contributed by atoms with Crippen LogP contribution in [0.4, 0.5) is 10.5 Å². The maximum atomic E-state index is 11.9. The topological polar surface area (TPSA) is 108 Å². The number of hydrogen-bond donors (Lipinski definition) is 1. The van der Waals surface area contributed by atoms with E-state index in [1.807, 2.05) is 11.5 Å². The molecule has 0 unspecified atom stereocenters. The molecule has 0 saturated heterocycles. The minimum absolute atomic E-state index is 0.184. The number of nitrogens with zero attached hydrogens (tertiary/aromatic N) is 4. The number of aromatic nitrogens is 4. The summed E-state index contributed by atoms with van der Waals surface area (Å²) in [5, 5.41) is 2.99. The zero-order chi connectivity index (χ0) is 22.1. The SMILES string of the molecule is COC(=O)c1ccc2c(n1)nc(C)n2Cc1ncc(NC(=O)OC(C)(C)C)cc1Cl. The monoisotopic (exact) mass is 431 g/mol. The lowest BCUT2D eigenvalue weighted by atomic mass is 10.2. The number of nitrogens with one attached hydrogen (secondary N) is 1. The van der Waals surface area contributed by atoms with Crippen LogP contribution < -0.4 is 5.32 Å². The van der Waals surface area contributed by atoms with E-state index in [9.17, 15) is 9.59 Å². The van der Waals surface area contributed by atoms with Crippen molar-refractivity contribution in [2.45, 2.75) is 39.8 Å². The Morgan fingerprint density at radius 1 is 1.23 bits per heavy atom. The number of fused-ring (bicyclic) bond motifs is 1. The average molecular weight is 432 g/mol. The molecule has 3 rings (SSSR count). The van der Waals surface area contributed by atoms with E-state index >= 15 is 0 Å². The zero-order valence-corrected chi connectivity index (χ0v) is 18.1. The molecule has 0 atom stereocenters. The second-order valence-electron chi connectivity index (χ2n) is 7.56. The molecule has 158 valence electrons. The predicted molar refractivity (Wildman–Crippen MR) is 112 cm³/mol. The molecule has 0 aromatic carbocycles. The number of pyridine rings is 2. The molecule has 10 heteroatoms. The normalized spacial score (nSPS) is 11.4. The van der Waals surface area contributed by atoms with E-state index in [0.29, 0.717) is 34.4 Å². The first-order valence-corrected chi connectivity index (χ1v) is 9.52. The summed E-state index contributed by atoms with van der Waals surface area (Å²) >= 11 is 6.39. The number of anilines is 1. The number of aryl methyl sites for hydroxylation is 1. The summed E-state index contributed by atoms with van der Waals surface area (Å²) in [7, 11) is 1.30. The van der Waals surface area contributed by atoms with Gasteiger partial charge in [-0.2, -0.15) is 0 Å². The standard InChI is InChI=1S/C20H22ClN5O4/c1-11-23-17-16(7-6-14(25-17)18(27)29-5)26(11)10-15-13(21)8-12(9-22-15)24-19(28)30-20(2,3)4/h6-9H,10H2,1-5H3,(H,24,28). The van der Waals surface area contributed by atoms with Crippen LogP contribution in [0.25, 0.3) is 11.2 Å². The van der Waals surface area contributed by atoms with Gasteiger partial charge in [0.25, 0.3) is 0 Å². The van der Waals surface area contributed by atoms with Gasteiger partial charge in [-0.25, -0.2) is 19.6 Å². The number of halogens is 1. The van der Waals surface area contributed by atoms with Gasteiger partial charge in [-0.05, 0) is 45.9 Å². The molecule has 0 fully saturated rings. The van der Waals surface area contributed by atoms with E-state index < -0.39 is 17.7 Å². The summed E-state index contributed by atoms with van der Waals surface area (Å²) in [6.45, 7) is 7.50. The number of esters is 1. The van der Waals surface area contributed by atoms with Gasteiger partial charge in [-0.3, -0.25) is 10.3 Å². The molecule has 0 bridgehead atoms. The van der Waals surface area contributed by atoms with Crippen LogP contribution in [0, 0.1) is 6.92 Å². The van der Waals surface area contributed by atoms with Crippen molar-refractivity contribution < 1.29 is 19.1 Å². The number of methoxy groups -OCH3 is 1. The summed E-state index contributed by atoms with van der Waals surface area (Å²) < 4.78 is 11.8. The molecule has 0 radical (unpaired) electrons. The van der Waals surface area contributed by atoms with Gasteiger partial charge in [0.15, 0.2) is 11.3 Å². The van der Waals surface area contributed by atoms with Crippen LogP contribution in [0.15, 0.2) is 24.4 Å². The van der Waals surface area contributed by atoms with Gasteiger partial charge in [0.05, 0.1) is 41.8 Å². The van der Waals surface area contributed by atoms with Crippen molar-refractivity contribution in [3.63, 3.8) is 0 Å². The highest BCUT2D eigenvalue weighted by molar-refractivity contribution is 6.31. The Morgan fingerprint density at radius 3 is 2.60 bits per heavy atom. The Balaban J connectivity index is 1.82. The molecule has 1 N–H and O–H groups in total. The summed E-state index contributed by atoms with van der Waals surface area (Å²) in [5.74, 6) is 0.162. The number of ether oxygens (including phenoxy) is 2. The Morgan fingerprint density at radius 2 is 1.97 bits per heavy atom. The Bertz CT molecular complexity index is 1120. The third-order valence-corrected chi connectivity index (χ3v) is 4.40. The highest BCUT2D eigenvalue weighted by Crippen LogP contribution is 2.23. The molecule has 0 spiro atoms. The molecule has 9 nitrogen and oxygen atoms in total. The van der Waals surface area contributed by atoms with E-state index in [0.717, 1.165) is 5.52 Å². The summed E-state index contributed by atoms with van der Waals surface area (Å²) in [4.78, 5) is 36.6. The quantitative estimate of drug-likeness (QED) is 0.622. The molecule has 30 heavy (non-hydrogen) atoms. The lowest BCUT2D eigenvalue weighted by Gasteiger charge is -2.19. The number of carbonyl (C=O) groups is 2. The molecule has 0 aliphatic heterocycles. The first-order valence-electron chi connectivity index (χ1n) is 9.14. The van der Waals surface area contributed by atoms with Crippen LogP contribution in [0.5, 0.6) is 0 Å². The van der Waals surface area contributed by atoms with E-state index in [1.165, 1.54) is 13.3 Å². The number of rotatable bonds is 4. The first kappa shape index (κ1) is 21.5. The number of amides is 1. The van der Waals surface area contributed by atoms with Crippen molar-refractivity contribution in [1.82, 2.24) is 19.5 Å². The minimum atomic E-state index is -0.608. The van der Waals surface area contributed by atoms with Crippen LogP contribution in [0.2, 0.25) is 5.02 Å². The van der Waals surface area contributed by atoms with Crippen molar-refractivity contribution in [3.8, 4) is 0 Å². The van der Waals surface area contributed by atoms with Crippen molar-refractivity contribution in [2.24, 2.45) is 0 Å². The highest BCUT2D eigenvalue weighted by Gasteiger charge is 2.18. The van der Waals surface area contributed by atoms with Gasteiger partial charge in [-0.15, -0.1) is 0 Å². The van der Waals surface area contributed by atoms with Gasteiger partial charge < -0.3 is 14.0 Å². The fraction of sp³-hybridized carbons (Fsp3) is 0.350. The molecular weight excluding hydrogens is 410 g/mol. The van der Waals surface area contributed by atoms with Crippen LogP contribution in [0.3, 0.4) is 0 Å². The third kappa shape index (κ3) is 4.85. The summed E-state index contributed by atoms with van der Waals surface area (Å²) in [5.41, 5.74) is 1.75. The Hall–Kier alpha value is -3.20. The molecule has 0 aliphatic carbocycles. The van der Waals surface area contributed by atoms with Crippen LogP contribution >= 0.6 is 11.6 Å². The van der Waals surface area contributed by atoms with E-state index in [1.54, 1.807) is 39.0 Å². The fourth-order valence-electron chi connectivity index (χ4n) is 2.76. The Kier molecular flexibility index (Phi) is 5.93. The maximum absolute atomic E-state index is 11.9. The zero-order valence-electron chi connectivity index (χ0n) is 17.3. The van der Waals surface area contributed by atoms with Gasteiger partial charge in [0.1, 0.15) is 11.4 Å². The lowest BCUT2D eigenvalue weighted by Crippen LogP contribution is -2.27. The molecule has 0 aliphatic rings. The summed E-state index contributed by atoms with van der Waals surface area (Å²) in [6, 6.07) is 4.94. The van der Waals surface area contributed by atoms with Crippen molar-refractivity contribution in [1.29, 1.82) is 0 Å². The number of hydrogen-bond acceptors (Lipinski definition) is 7. The maximum Gasteiger partial charge on any atom is 0.412 e. The van der Waals surface area contributed by atoms with Gasteiger partial charge in [0, 0.05) is 0 Å². The average Bonchev–Trinajstić information content (AvgIpc) is 2.96.